The molecule has 0 aliphatic rings. The van der Waals surface area contributed by atoms with E-state index in [9.17, 15) is 13.2 Å². The number of aryl methyl sites for hydroxylation is 3. The van der Waals surface area contributed by atoms with E-state index >= 15 is 0 Å². The van der Waals surface area contributed by atoms with Crippen molar-refractivity contribution in [2.45, 2.75) is 27.7 Å². The van der Waals surface area contributed by atoms with E-state index in [0.717, 1.165) is 33.2 Å². The summed E-state index contributed by atoms with van der Waals surface area (Å²) < 4.78 is 38.6. The summed E-state index contributed by atoms with van der Waals surface area (Å²) in [5, 5.41) is 4.07. The zero-order chi connectivity index (χ0) is 26.6. The van der Waals surface area contributed by atoms with Gasteiger partial charge in [0.15, 0.2) is 0 Å². The van der Waals surface area contributed by atoms with Crippen molar-refractivity contribution in [2.75, 3.05) is 31.3 Å². The van der Waals surface area contributed by atoms with Gasteiger partial charge in [-0.25, -0.2) is 13.8 Å². The van der Waals surface area contributed by atoms with Gasteiger partial charge in [0.05, 0.1) is 32.4 Å². The number of hydrogen-bond acceptors (Lipinski definition) is 6. The predicted molar refractivity (Wildman–Crippen MR) is 142 cm³/mol. The molecule has 1 N–H and O–H groups in total. The number of hydrogen-bond donors (Lipinski definition) is 1. The summed E-state index contributed by atoms with van der Waals surface area (Å²) in [4.78, 5) is 12.7. The van der Waals surface area contributed by atoms with Crippen LogP contribution in [0, 0.1) is 27.7 Å². The molecule has 2 aromatic carbocycles. The van der Waals surface area contributed by atoms with E-state index in [4.69, 9.17) is 9.47 Å². The van der Waals surface area contributed by atoms with Gasteiger partial charge < -0.3 is 14.0 Å². The smallest absolute Gasteiger partial charge is 0.260 e. The third kappa shape index (κ3) is 5.88. The predicted octanol–water partition coefficient (Wildman–Crippen LogP) is 3.64. The Morgan fingerprint density at radius 1 is 1.03 bits per heavy atom. The van der Waals surface area contributed by atoms with Gasteiger partial charge in [-0.1, -0.05) is 6.07 Å². The highest BCUT2D eigenvalue weighted by Crippen LogP contribution is 2.33. The number of ether oxygens (including phenoxy) is 2. The van der Waals surface area contributed by atoms with E-state index in [-0.39, 0.29) is 11.4 Å². The SMILES string of the molecule is COc1ccc(OC)c(N(CC(=O)NN=Cc2cc(C)n(-c3ccc(C)c(C)c3)c2C)S(C)(=O)=O)c1. The first kappa shape index (κ1) is 26.8. The highest BCUT2D eigenvalue weighted by atomic mass is 32.2. The average molecular weight is 513 g/mol. The van der Waals surface area contributed by atoms with E-state index < -0.39 is 22.5 Å². The lowest BCUT2D eigenvalue weighted by molar-refractivity contribution is -0.119. The molecule has 0 atom stereocenters. The maximum absolute atomic E-state index is 12.7. The molecule has 3 aromatic rings. The van der Waals surface area contributed by atoms with Crippen LogP contribution in [0.25, 0.3) is 5.69 Å². The molecule has 1 amide bonds. The van der Waals surface area contributed by atoms with Crippen molar-refractivity contribution in [1.29, 1.82) is 0 Å². The number of methoxy groups -OCH3 is 2. The summed E-state index contributed by atoms with van der Waals surface area (Å²) in [5.41, 5.74) is 8.91. The number of amides is 1. The van der Waals surface area contributed by atoms with Gasteiger partial charge in [0.2, 0.25) is 10.0 Å². The topological polar surface area (TPSA) is 102 Å². The van der Waals surface area contributed by atoms with Crippen LogP contribution in [0.3, 0.4) is 0 Å². The minimum Gasteiger partial charge on any atom is -0.497 e. The van der Waals surface area contributed by atoms with Crippen LogP contribution in [0.5, 0.6) is 11.5 Å². The molecule has 0 saturated carbocycles. The van der Waals surface area contributed by atoms with Gasteiger partial charge >= 0.3 is 0 Å². The minimum atomic E-state index is -3.81. The molecule has 0 aliphatic carbocycles. The van der Waals surface area contributed by atoms with Crippen molar-refractivity contribution in [3.8, 4) is 17.2 Å². The average Bonchev–Trinajstić information content (AvgIpc) is 3.11. The molecule has 192 valence electrons. The summed E-state index contributed by atoms with van der Waals surface area (Å²) in [6.45, 7) is 7.65. The molecule has 3 rings (SSSR count). The van der Waals surface area contributed by atoms with E-state index in [1.165, 1.54) is 31.4 Å². The Kier molecular flexibility index (Phi) is 8.09. The van der Waals surface area contributed by atoms with Gasteiger partial charge in [0, 0.05) is 28.7 Å². The number of benzene rings is 2. The lowest BCUT2D eigenvalue weighted by Gasteiger charge is -2.23. The molecule has 36 heavy (non-hydrogen) atoms. The Balaban J connectivity index is 1.80. The summed E-state index contributed by atoms with van der Waals surface area (Å²) in [6.07, 6.45) is 2.57. The first-order chi connectivity index (χ1) is 17.0. The molecular formula is C26H32N4O5S. The molecule has 10 heteroatoms. The third-order valence-corrected chi connectivity index (χ3v) is 7.08. The maximum Gasteiger partial charge on any atom is 0.260 e. The molecule has 0 bridgehead atoms. The standard InChI is InChI=1S/C26H32N4O5S/c1-17-8-9-22(12-18(17)2)30-19(3)13-21(20(30)4)15-27-28-26(31)16-29(36(7,32)33)24-14-23(34-5)10-11-25(24)35-6/h8-15H,16H2,1-7H3,(H,28,31). The van der Waals surface area contributed by atoms with E-state index in [0.29, 0.717) is 5.75 Å². The van der Waals surface area contributed by atoms with Crippen LogP contribution >= 0.6 is 0 Å². The first-order valence-electron chi connectivity index (χ1n) is 11.2. The van der Waals surface area contributed by atoms with Crippen LogP contribution in [0.2, 0.25) is 0 Å². The van der Waals surface area contributed by atoms with Gasteiger partial charge in [-0.15, -0.1) is 0 Å². The first-order valence-corrected chi connectivity index (χ1v) is 13.1. The Morgan fingerprint density at radius 2 is 1.75 bits per heavy atom. The van der Waals surface area contributed by atoms with E-state index in [2.05, 4.69) is 47.1 Å². The second kappa shape index (κ2) is 10.9. The van der Waals surface area contributed by atoms with Crippen LogP contribution < -0.4 is 19.2 Å². The lowest BCUT2D eigenvalue weighted by atomic mass is 10.1. The third-order valence-electron chi connectivity index (χ3n) is 5.95. The second-order valence-corrected chi connectivity index (χ2v) is 10.4. The monoisotopic (exact) mass is 512 g/mol. The summed E-state index contributed by atoms with van der Waals surface area (Å²) in [5.74, 6) is 0.109. The van der Waals surface area contributed by atoms with Crippen LogP contribution in [-0.2, 0) is 14.8 Å². The second-order valence-electron chi connectivity index (χ2n) is 8.53. The van der Waals surface area contributed by atoms with Gasteiger partial charge in [0.25, 0.3) is 5.91 Å². The summed E-state index contributed by atoms with van der Waals surface area (Å²) >= 11 is 0. The zero-order valence-corrected chi connectivity index (χ0v) is 22.4. The number of nitrogens with one attached hydrogen (secondary N) is 1. The van der Waals surface area contributed by atoms with Crippen molar-refractivity contribution >= 4 is 27.8 Å². The van der Waals surface area contributed by atoms with Gasteiger partial charge in [-0.3, -0.25) is 9.10 Å². The molecular weight excluding hydrogens is 480 g/mol. The van der Waals surface area contributed by atoms with E-state index in [1.807, 2.05) is 19.9 Å². The highest BCUT2D eigenvalue weighted by Gasteiger charge is 2.24. The summed E-state index contributed by atoms with van der Waals surface area (Å²) in [6, 6.07) is 13.0. The highest BCUT2D eigenvalue weighted by molar-refractivity contribution is 7.92. The molecule has 0 unspecified atom stereocenters. The molecule has 0 spiro atoms. The van der Waals surface area contributed by atoms with Crippen molar-refractivity contribution < 1.29 is 22.7 Å². The minimum absolute atomic E-state index is 0.190. The molecule has 1 aromatic heterocycles. The number of rotatable bonds is 9. The maximum atomic E-state index is 12.7. The van der Waals surface area contributed by atoms with Crippen molar-refractivity contribution in [1.82, 2.24) is 9.99 Å². The molecule has 0 fully saturated rings. The summed E-state index contributed by atoms with van der Waals surface area (Å²) in [7, 11) is -0.924. The fourth-order valence-corrected chi connectivity index (χ4v) is 4.74. The van der Waals surface area contributed by atoms with Crippen molar-refractivity contribution in [3.63, 3.8) is 0 Å². The fraction of sp³-hybridized carbons (Fsp3) is 0.308. The quantitative estimate of drug-likeness (QED) is 0.348. The fourth-order valence-electron chi connectivity index (χ4n) is 3.89. The normalized spacial score (nSPS) is 11.5. The Labute approximate surface area is 212 Å². The lowest BCUT2D eigenvalue weighted by Crippen LogP contribution is -2.39. The van der Waals surface area contributed by atoms with Crippen molar-refractivity contribution in [3.05, 3.63) is 70.5 Å². The van der Waals surface area contributed by atoms with Gasteiger partial charge in [0.1, 0.15) is 18.0 Å². The number of sulfonamides is 1. The van der Waals surface area contributed by atoms with Crippen LogP contribution in [0.15, 0.2) is 47.6 Å². The number of nitrogens with zero attached hydrogens (tertiary/aromatic N) is 3. The molecule has 0 saturated heterocycles. The number of aromatic nitrogens is 1. The van der Waals surface area contributed by atoms with Gasteiger partial charge in [-0.2, -0.15) is 5.10 Å². The molecule has 1 heterocycles. The largest absolute Gasteiger partial charge is 0.497 e. The Bertz CT molecular complexity index is 1410. The molecule has 0 radical (unpaired) electrons. The molecule has 9 nitrogen and oxygen atoms in total. The van der Waals surface area contributed by atoms with Gasteiger partial charge in [-0.05, 0) is 69.2 Å². The van der Waals surface area contributed by atoms with Crippen LogP contribution in [0.4, 0.5) is 5.69 Å². The number of anilines is 1. The van der Waals surface area contributed by atoms with Crippen LogP contribution in [0.1, 0.15) is 28.1 Å². The number of carbonyl (C=O) groups excluding carboxylic acids is 1. The number of carbonyl (C=O) groups is 1. The van der Waals surface area contributed by atoms with Crippen LogP contribution in [-0.4, -0.2) is 52.1 Å². The zero-order valence-electron chi connectivity index (χ0n) is 21.6. The number of hydrazone groups is 1. The Morgan fingerprint density at radius 3 is 2.36 bits per heavy atom. The van der Waals surface area contributed by atoms with E-state index in [1.54, 1.807) is 18.3 Å². The Hall–Kier alpha value is -3.79. The molecule has 0 aliphatic heterocycles. The van der Waals surface area contributed by atoms with Crippen molar-refractivity contribution in [2.24, 2.45) is 5.10 Å².